The Morgan fingerprint density at radius 2 is 2.06 bits per heavy atom. The van der Waals surface area contributed by atoms with Crippen LogP contribution in [-0.2, 0) is 6.42 Å². The van der Waals surface area contributed by atoms with Gasteiger partial charge in [-0.2, -0.15) is 0 Å². The van der Waals surface area contributed by atoms with Gasteiger partial charge in [0.25, 0.3) is 0 Å². The molecule has 2 unspecified atom stereocenters. The fourth-order valence-corrected chi connectivity index (χ4v) is 3.49. The molecule has 0 amide bonds. The lowest BCUT2D eigenvalue weighted by molar-refractivity contribution is 0.0141. The first kappa shape index (κ1) is 11.5. The van der Waals surface area contributed by atoms with Crippen LogP contribution in [0.2, 0.25) is 5.02 Å². The highest BCUT2D eigenvalue weighted by Gasteiger charge is 2.47. The zero-order valence-corrected chi connectivity index (χ0v) is 10.7. The second-order valence-electron chi connectivity index (χ2n) is 5.35. The molecule has 2 heterocycles. The van der Waals surface area contributed by atoms with Crippen LogP contribution < -0.4 is 0 Å². The van der Waals surface area contributed by atoms with Crippen LogP contribution in [0.25, 0.3) is 0 Å². The van der Waals surface area contributed by atoms with Crippen molar-refractivity contribution in [2.75, 3.05) is 13.1 Å². The molecule has 0 aromatic heterocycles. The number of aliphatic hydroxyl groups is 1. The standard InChI is InChI=1S/C14H18ClNO/c15-12-5-3-11(4-6-12)10-14(17)7-9-16-8-1-2-13(14)16/h3-6,13,17H,1-2,7-10H2. The molecule has 2 fully saturated rings. The summed E-state index contributed by atoms with van der Waals surface area (Å²) in [5, 5.41) is 11.6. The molecular formula is C14H18ClNO. The number of hydrogen-bond donors (Lipinski definition) is 1. The van der Waals surface area contributed by atoms with Crippen molar-refractivity contribution < 1.29 is 5.11 Å². The molecule has 0 aliphatic carbocycles. The van der Waals surface area contributed by atoms with Gasteiger partial charge in [-0.25, -0.2) is 0 Å². The SMILES string of the molecule is OC1(Cc2ccc(Cl)cc2)CCN2CCCC21. The van der Waals surface area contributed by atoms with Crippen molar-refractivity contribution in [2.45, 2.75) is 37.3 Å². The molecule has 2 aliphatic heterocycles. The van der Waals surface area contributed by atoms with Crippen LogP contribution in [0.15, 0.2) is 24.3 Å². The normalized spacial score (nSPS) is 32.9. The quantitative estimate of drug-likeness (QED) is 0.873. The minimum absolute atomic E-state index is 0.373. The van der Waals surface area contributed by atoms with Gasteiger partial charge in [0, 0.05) is 24.0 Å². The van der Waals surface area contributed by atoms with Crippen molar-refractivity contribution in [3.05, 3.63) is 34.9 Å². The minimum atomic E-state index is -0.523. The number of benzene rings is 1. The molecule has 0 saturated carbocycles. The van der Waals surface area contributed by atoms with Gasteiger partial charge in [0.05, 0.1) is 5.60 Å². The van der Waals surface area contributed by atoms with Crippen LogP contribution in [0.5, 0.6) is 0 Å². The zero-order valence-electron chi connectivity index (χ0n) is 9.90. The Bertz CT molecular complexity index is 405. The van der Waals surface area contributed by atoms with Crippen LogP contribution in [-0.4, -0.2) is 34.7 Å². The van der Waals surface area contributed by atoms with Crippen molar-refractivity contribution in [1.29, 1.82) is 0 Å². The number of rotatable bonds is 2. The van der Waals surface area contributed by atoms with Gasteiger partial charge in [-0.1, -0.05) is 23.7 Å². The van der Waals surface area contributed by atoms with Gasteiger partial charge in [0.1, 0.15) is 0 Å². The summed E-state index contributed by atoms with van der Waals surface area (Å²) in [7, 11) is 0. The summed E-state index contributed by atoms with van der Waals surface area (Å²) < 4.78 is 0. The molecule has 17 heavy (non-hydrogen) atoms. The summed E-state index contributed by atoms with van der Waals surface area (Å²) in [4.78, 5) is 2.44. The van der Waals surface area contributed by atoms with E-state index in [9.17, 15) is 5.11 Å². The van der Waals surface area contributed by atoms with E-state index in [1.807, 2.05) is 24.3 Å². The lowest BCUT2D eigenvalue weighted by atomic mass is 9.86. The summed E-state index contributed by atoms with van der Waals surface area (Å²) in [6.45, 7) is 2.21. The molecule has 3 rings (SSSR count). The first-order chi connectivity index (χ1) is 8.17. The molecule has 2 aliphatic rings. The average molecular weight is 252 g/mol. The third-order valence-electron chi connectivity index (χ3n) is 4.24. The molecular weight excluding hydrogens is 234 g/mol. The van der Waals surface area contributed by atoms with Crippen LogP contribution in [0.4, 0.5) is 0 Å². The molecule has 1 aromatic carbocycles. The lowest BCUT2D eigenvalue weighted by Gasteiger charge is -2.30. The molecule has 0 radical (unpaired) electrons. The van der Waals surface area contributed by atoms with E-state index in [1.165, 1.54) is 12.0 Å². The second-order valence-corrected chi connectivity index (χ2v) is 5.79. The first-order valence-corrected chi connectivity index (χ1v) is 6.76. The van der Waals surface area contributed by atoms with Gasteiger partial charge >= 0.3 is 0 Å². The molecule has 2 atom stereocenters. The summed E-state index contributed by atoms with van der Waals surface area (Å²) in [5.74, 6) is 0. The van der Waals surface area contributed by atoms with Crippen LogP contribution in [0, 0.1) is 0 Å². The van der Waals surface area contributed by atoms with Crippen molar-refractivity contribution in [3.8, 4) is 0 Å². The number of fused-ring (bicyclic) bond motifs is 1. The van der Waals surface area contributed by atoms with E-state index >= 15 is 0 Å². The topological polar surface area (TPSA) is 23.5 Å². The van der Waals surface area contributed by atoms with Gasteiger partial charge in [0.2, 0.25) is 0 Å². The maximum atomic E-state index is 10.8. The fourth-order valence-electron chi connectivity index (χ4n) is 3.37. The Labute approximate surface area is 107 Å². The molecule has 0 spiro atoms. The Morgan fingerprint density at radius 1 is 1.29 bits per heavy atom. The van der Waals surface area contributed by atoms with Crippen LogP contribution in [0.3, 0.4) is 0 Å². The van der Waals surface area contributed by atoms with E-state index in [0.717, 1.165) is 37.4 Å². The second kappa shape index (κ2) is 4.27. The van der Waals surface area contributed by atoms with Crippen molar-refractivity contribution in [3.63, 3.8) is 0 Å². The summed E-state index contributed by atoms with van der Waals surface area (Å²) in [6.07, 6.45) is 4.03. The predicted molar refractivity (Wildman–Crippen MR) is 69.3 cm³/mol. The molecule has 92 valence electrons. The van der Waals surface area contributed by atoms with E-state index in [-0.39, 0.29) is 0 Å². The molecule has 1 N–H and O–H groups in total. The summed E-state index contributed by atoms with van der Waals surface area (Å²) >= 11 is 5.88. The lowest BCUT2D eigenvalue weighted by Crippen LogP contribution is -2.42. The first-order valence-electron chi connectivity index (χ1n) is 6.38. The number of nitrogens with zero attached hydrogens (tertiary/aromatic N) is 1. The van der Waals surface area contributed by atoms with E-state index in [1.54, 1.807) is 0 Å². The van der Waals surface area contributed by atoms with Crippen LogP contribution >= 0.6 is 11.6 Å². The van der Waals surface area contributed by atoms with Gasteiger partial charge in [-0.05, 0) is 43.5 Å². The Hall–Kier alpha value is -0.570. The largest absolute Gasteiger partial charge is 0.388 e. The molecule has 2 nitrogen and oxygen atoms in total. The number of hydrogen-bond acceptors (Lipinski definition) is 2. The van der Waals surface area contributed by atoms with Gasteiger partial charge in [-0.3, -0.25) is 4.90 Å². The summed E-state index contributed by atoms with van der Waals surface area (Å²) in [5.41, 5.74) is 0.662. The fraction of sp³-hybridized carbons (Fsp3) is 0.571. The third-order valence-corrected chi connectivity index (χ3v) is 4.49. The van der Waals surface area contributed by atoms with Gasteiger partial charge < -0.3 is 5.11 Å². The molecule has 0 bridgehead atoms. The maximum absolute atomic E-state index is 10.8. The molecule has 2 saturated heterocycles. The monoisotopic (exact) mass is 251 g/mol. The van der Waals surface area contributed by atoms with Crippen LogP contribution in [0.1, 0.15) is 24.8 Å². The van der Waals surface area contributed by atoms with Crippen molar-refractivity contribution >= 4 is 11.6 Å². The predicted octanol–water partition coefficient (Wildman–Crippen LogP) is 2.48. The van der Waals surface area contributed by atoms with Crippen molar-refractivity contribution in [1.82, 2.24) is 4.90 Å². The Morgan fingerprint density at radius 3 is 2.82 bits per heavy atom. The highest BCUT2D eigenvalue weighted by Crippen LogP contribution is 2.38. The highest BCUT2D eigenvalue weighted by atomic mass is 35.5. The molecule has 3 heteroatoms. The zero-order chi connectivity index (χ0) is 11.9. The average Bonchev–Trinajstić information content (AvgIpc) is 2.88. The minimum Gasteiger partial charge on any atom is -0.388 e. The smallest absolute Gasteiger partial charge is 0.0854 e. The Balaban J connectivity index is 1.77. The van der Waals surface area contributed by atoms with Gasteiger partial charge in [-0.15, -0.1) is 0 Å². The van der Waals surface area contributed by atoms with Crippen molar-refractivity contribution in [2.24, 2.45) is 0 Å². The Kier molecular flexibility index (Phi) is 2.89. The van der Waals surface area contributed by atoms with Gasteiger partial charge in [0.15, 0.2) is 0 Å². The van der Waals surface area contributed by atoms with E-state index in [0.29, 0.717) is 6.04 Å². The highest BCUT2D eigenvalue weighted by molar-refractivity contribution is 6.30. The van der Waals surface area contributed by atoms with E-state index in [4.69, 9.17) is 11.6 Å². The van der Waals surface area contributed by atoms with E-state index < -0.39 is 5.60 Å². The van der Waals surface area contributed by atoms with E-state index in [2.05, 4.69) is 4.90 Å². The third kappa shape index (κ3) is 2.10. The molecule has 1 aromatic rings. The number of halogens is 1. The maximum Gasteiger partial charge on any atom is 0.0854 e. The summed E-state index contributed by atoms with van der Waals surface area (Å²) in [6, 6.07) is 8.23.